The van der Waals surface area contributed by atoms with Crippen LogP contribution in [0.5, 0.6) is 0 Å². The number of hydrogen-bond donors (Lipinski definition) is 0. The Labute approximate surface area is 131 Å². The van der Waals surface area contributed by atoms with Crippen molar-refractivity contribution in [2.24, 2.45) is 0 Å². The number of benzene rings is 1. The lowest BCUT2D eigenvalue weighted by molar-refractivity contribution is 0.148. The zero-order valence-electron chi connectivity index (χ0n) is 13.0. The highest BCUT2D eigenvalue weighted by molar-refractivity contribution is 6.30. The Morgan fingerprint density at radius 1 is 1.10 bits per heavy atom. The van der Waals surface area contributed by atoms with Crippen molar-refractivity contribution >= 4 is 22.5 Å². The third-order valence-corrected chi connectivity index (χ3v) is 4.49. The van der Waals surface area contributed by atoms with Crippen LogP contribution in [0.4, 0.5) is 0 Å². The number of piperazine rings is 1. The normalized spacial score (nSPS) is 17.5. The van der Waals surface area contributed by atoms with Crippen molar-refractivity contribution in [2.75, 3.05) is 33.2 Å². The van der Waals surface area contributed by atoms with Gasteiger partial charge in [-0.05, 0) is 44.2 Å². The molecule has 112 valence electrons. The van der Waals surface area contributed by atoms with E-state index in [1.165, 1.54) is 22.1 Å². The molecule has 2 heterocycles. The fourth-order valence-electron chi connectivity index (χ4n) is 3.09. The average molecular weight is 304 g/mol. The topological polar surface area (TPSA) is 19.4 Å². The number of pyridine rings is 1. The Hall–Kier alpha value is -1.16. The fraction of sp³-hybridized carbons (Fsp3) is 0.471. The predicted molar refractivity (Wildman–Crippen MR) is 89.0 cm³/mol. The van der Waals surface area contributed by atoms with E-state index < -0.39 is 0 Å². The van der Waals surface area contributed by atoms with Crippen LogP contribution in [-0.2, 0) is 6.54 Å². The summed E-state index contributed by atoms with van der Waals surface area (Å²) in [6.45, 7) is 9.70. The largest absolute Gasteiger partial charge is 0.304 e. The number of likely N-dealkylation sites (N-methyl/N-ethyl adjacent to an activating group) is 1. The van der Waals surface area contributed by atoms with Gasteiger partial charge in [0.1, 0.15) is 5.15 Å². The van der Waals surface area contributed by atoms with Crippen molar-refractivity contribution < 1.29 is 0 Å². The molecule has 1 aliphatic rings. The second kappa shape index (κ2) is 5.91. The van der Waals surface area contributed by atoms with E-state index in [0.29, 0.717) is 5.15 Å². The van der Waals surface area contributed by atoms with Crippen molar-refractivity contribution in [2.45, 2.75) is 20.4 Å². The Bertz CT molecular complexity index is 661. The minimum atomic E-state index is 0.596. The first-order chi connectivity index (χ1) is 10.0. The summed E-state index contributed by atoms with van der Waals surface area (Å²) in [5.74, 6) is 0. The molecule has 3 rings (SSSR count). The molecular weight excluding hydrogens is 282 g/mol. The summed E-state index contributed by atoms with van der Waals surface area (Å²) in [5.41, 5.74) is 4.81. The zero-order chi connectivity index (χ0) is 15.0. The maximum Gasteiger partial charge on any atom is 0.130 e. The molecule has 1 aliphatic heterocycles. The van der Waals surface area contributed by atoms with Gasteiger partial charge in [0.05, 0.1) is 5.52 Å². The number of hydrogen-bond acceptors (Lipinski definition) is 3. The molecule has 0 aliphatic carbocycles. The first-order valence-corrected chi connectivity index (χ1v) is 7.88. The Morgan fingerprint density at radius 3 is 2.52 bits per heavy atom. The van der Waals surface area contributed by atoms with Crippen LogP contribution in [-0.4, -0.2) is 48.0 Å². The first-order valence-electron chi connectivity index (χ1n) is 7.50. The Morgan fingerprint density at radius 2 is 1.81 bits per heavy atom. The van der Waals surface area contributed by atoms with Crippen molar-refractivity contribution in [3.05, 3.63) is 40.0 Å². The molecule has 0 spiro atoms. The SMILES string of the molecule is Cc1cc(C)c2nc(Cl)cc(CN3CCN(C)CC3)c2c1. The molecule has 0 unspecified atom stereocenters. The molecule has 0 atom stereocenters. The van der Waals surface area contributed by atoms with Gasteiger partial charge < -0.3 is 4.90 Å². The van der Waals surface area contributed by atoms with Gasteiger partial charge in [0.15, 0.2) is 0 Å². The number of aryl methyl sites for hydroxylation is 2. The molecule has 2 aromatic rings. The molecule has 21 heavy (non-hydrogen) atoms. The summed E-state index contributed by atoms with van der Waals surface area (Å²) in [6, 6.07) is 6.43. The van der Waals surface area contributed by atoms with Crippen LogP contribution >= 0.6 is 11.6 Å². The monoisotopic (exact) mass is 303 g/mol. The third-order valence-electron chi connectivity index (χ3n) is 4.29. The van der Waals surface area contributed by atoms with E-state index in [4.69, 9.17) is 11.6 Å². The molecule has 0 radical (unpaired) electrons. The second-order valence-electron chi connectivity index (χ2n) is 6.16. The first kappa shape index (κ1) is 14.8. The molecule has 3 nitrogen and oxygen atoms in total. The number of nitrogens with zero attached hydrogens (tertiary/aromatic N) is 3. The van der Waals surface area contributed by atoms with E-state index in [0.717, 1.165) is 38.2 Å². The van der Waals surface area contributed by atoms with E-state index in [1.54, 1.807) is 0 Å². The zero-order valence-corrected chi connectivity index (χ0v) is 13.7. The van der Waals surface area contributed by atoms with Crippen LogP contribution in [0.3, 0.4) is 0 Å². The van der Waals surface area contributed by atoms with Crippen LogP contribution in [0.25, 0.3) is 10.9 Å². The lowest BCUT2D eigenvalue weighted by Gasteiger charge is -2.32. The number of fused-ring (bicyclic) bond motifs is 1. The summed E-state index contributed by atoms with van der Waals surface area (Å²) in [7, 11) is 2.18. The van der Waals surface area contributed by atoms with E-state index in [2.05, 4.69) is 47.8 Å². The highest BCUT2D eigenvalue weighted by Gasteiger charge is 2.16. The van der Waals surface area contributed by atoms with E-state index in [1.807, 2.05) is 6.07 Å². The van der Waals surface area contributed by atoms with E-state index in [9.17, 15) is 0 Å². The average Bonchev–Trinajstić information content (AvgIpc) is 2.43. The lowest BCUT2D eigenvalue weighted by Crippen LogP contribution is -2.43. The molecule has 4 heteroatoms. The van der Waals surface area contributed by atoms with Crippen LogP contribution in [0, 0.1) is 13.8 Å². The van der Waals surface area contributed by atoms with Gasteiger partial charge in [0.25, 0.3) is 0 Å². The fourth-order valence-corrected chi connectivity index (χ4v) is 3.31. The second-order valence-corrected chi connectivity index (χ2v) is 6.55. The standard InChI is InChI=1S/C17H22ClN3/c1-12-8-13(2)17-15(9-12)14(10-16(18)19-17)11-21-6-4-20(3)5-7-21/h8-10H,4-7,11H2,1-3H3. The highest BCUT2D eigenvalue weighted by atomic mass is 35.5. The molecule has 1 saturated heterocycles. The van der Waals surface area contributed by atoms with Crippen LogP contribution in [0.1, 0.15) is 16.7 Å². The summed E-state index contributed by atoms with van der Waals surface area (Å²) in [6.07, 6.45) is 0. The van der Waals surface area contributed by atoms with Crippen molar-refractivity contribution in [1.82, 2.24) is 14.8 Å². The van der Waals surface area contributed by atoms with Gasteiger partial charge in [-0.2, -0.15) is 0 Å². The number of halogens is 1. The van der Waals surface area contributed by atoms with Gasteiger partial charge >= 0.3 is 0 Å². The van der Waals surface area contributed by atoms with Gasteiger partial charge in [-0.15, -0.1) is 0 Å². The molecule has 0 saturated carbocycles. The minimum absolute atomic E-state index is 0.596. The Kier molecular flexibility index (Phi) is 4.16. The van der Waals surface area contributed by atoms with E-state index >= 15 is 0 Å². The molecule has 1 fully saturated rings. The maximum atomic E-state index is 6.24. The van der Waals surface area contributed by atoms with Crippen molar-refractivity contribution in [1.29, 1.82) is 0 Å². The molecule has 0 N–H and O–H groups in total. The van der Waals surface area contributed by atoms with Gasteiger partial charge in [0, 0.05) is 38.1 Å². The molecule has 0 amide bonds. The highest BCUT2D eigenvalue weighted by Crippen LogP contribution is 2.26. The molecule has 1 aromatic heterocycles. The van der Waals surface area contributed by atoms with Gasteiger partial charge in [-0.1, -0.05) is 23.2 Å². The number of aromatic nitrogens is 1. The maximum absolute atomic E-state index is 6.24. The van der Waals surface area contributed by atoms with Gasteiger partial charge in [-0.3, -0.25) is 4.90 Å². The smallest absolute Gasteiger partial charge is 0.130 e. The molecule has 0 bridgehead atoms. The van der Waals surface area contributed by atoms with Crippen LogP contribution in [0.2, 0.25) is 5.15 Å². The quantitative estimate of drug-likeness (QED) is 0.794. The van der Waals surface area contributed by atoms with Crippen molar-refractivity contribution in [3.8, 4) is 0 Å². The molecule has 1 aromatic carbocycles. The lowest BCUT2D eigenvalue weighted by atomic mass is 10.0. The summed E-state index contributed by atoms with van der Waals surface area (Å²) < 4.78 is 0. The van der Waals surface area contributed by atoms with Gasteiger partial charge in [-0.25, -0.2) is 4.98 Å². The van der Waals surface area contributed by atoms with Gasteiger partial charge in [0.2, 0.25) is 0 Å². The minimum Gasteiger partial charge on any atom is -0.304 e. The summed E-state index contributed by atoms with van der Waals surface area (Å²) >= 11 is 6.24. The Balaban J connectivity index is 1.97. The summed E-state index contributed by atoms with van der Waals surface area (Å²) in [5, 5.41) is 1.84. The summed E-state index contributed by atoms with van der Waals surface area (Å²) in [4.78, 5) is 9.40. The van der Waals surface area contributed by atoms with E-state index in [-0.39, 0.29) is 0 Å². The molecular formula is C17H22ClN3. The van der Waals surface area contributed by atoms with Crippen molar-refractivity contribution in [3.63, 3.8) is 0 Å². The van der Waals surface area contributed by atoms with Crippen LogP contribution < -0.4 is 0 Å². The van der Waals surface area contributed by atoms with Crippen LogP contribution in [0.15, 0.2) is 18.2 Å². The number of rotatable bonds is 2. The predicted octanol–water partition coefficient (Wildman–Crippen LogP) is 3.25. The third kappa shape index (κ3) is 3.20.